The summed E-state index contributed by atoms with van der Waals surface area (Å²) in [4.78, 5) is 11.4. The minimum atomic E-state index is -0.992. The second-order valence-corrected chi connectivity index (χ2v) is 7.28. The monoisotopic (exact) mass is 356 g/mol. The van der Waals surface area contributed by atoms with Gasteiger partial charge in [0.25, 0.3) is 0 Å². The van der Waals surface area contributed by atoms with Crippen LogP contribution in [0.15, 0.2) is 36.4 Å². The quantitative estimate of drug-likeness (QED) is 0.843. The lowest BCUT2D eigenvalue weighted by molar-refractivity contribution is 0.0694. The molecule has 0 bridgehead atoms. The molecule has 0 saturated carbocycles. The van der Waals surface area contributed by atoms with Crippen molar-refractivity contribution in [1.29, 1.82) is 0 Å². The van der Waals surface area contributed by atoms with Gasteiger partial charge >= 0.3 is 5.97 Å². The number of rotatable bonds is 6. The SMILES string of the molecule is COc1ccc(CC(C)Oc2cc(C(=O)O)cc3c2CC(C)(C)O3)cc1. The molecule has 2 aromatic rings. The fourth-order valence-corrected chi connectivity index (χ4v) is 3.23. The maximum atomic E-state index is 11.4. The molecule has 1 aliphatic heterocycles. The van der Waals surface area contributed by atoms with Crippen LogP contribution in [-0.2, 0) is 12.8 Å². The van der Waals surface area contributed by atoms with Gasteiger partial charge < -0.3 is 19.3 Å². The van der Waals surface area contributed by atoms with Gasteiger partial charge in [-0.05, 0) is 50.6 Å². The van der Waals surface area contributed by atoms with Crippen molar-refractivity contribution in [2.45, 2.75) is 45.3 Å². The average molecular weight is 356 g/mol. The molecule has 0 radical (unpaired) electrons. The van der Waals surface area contributed by atoms with Crippen molar-refractivity contribution < 1.29 is 24.1 Å². The molecule has 138 valence electrons. The standard InChI is InChI=1S/C21H24O5/c1-13(9-14-5-7-16(24-4)8-6-14)25-18-10-15(20(22)23)11-19-17(18)12-21(2,3)26-19/h5-8,10-11,13H,9,12H2,1-4H3,(H,22,23). The molecule has 1 atom stereocenters. The van der Waals surface area contributed by atoms with Gasteiger partial charge in [0.2, 0.25) is 0 Å². The lowest BCUT2D eigenvalue weighted by Gasteiger charge is -2.18. The van der Waals surface area contributed by atoms with E-state index in [1.807, 2.05) is 45.0 Å². The van der Waals surface area contributed by atoms with Gasteiger partial charge in [0.1, 0.15) is 22.8 Å². The van der Waals surface area contributed by atoms with Gasteiger partial charge in [0, 0.05) is 18.4 Å². The molecule has 2 aromatic carbocycles. The zero-order valence-corrected chi connectivity index (χ0v) is 15.5. The molecule has 0 spiro atoms. The van der Waals surface area contributed by atoms with E-state index in [4.69, 9.17) is 14.2 Å². The van der Waals surface area contributed by atoms with E-state index in [1.165, 1.54) is 0 Å². The number of carboxylic acids is 1. The summed E-state index contributed by atoms with van der Waals surface area (Å²) in [5.41, 5.74) is 1.87. The van der Waals surface area contributed by atoms with Gasteiger partial charge in [-0.3, -0.25) is 0 Å². The topological polar surface area (TPSA) is 65.0 Å². The summed E-state index contributed by atoms with van der Waals surface area (Å²) in [5, 5.41) is 9.37. The summed E-state index contributed by atoms with van der Waals surface area (Å²) in [6.07, 6.45) is 1.29. The highest BCUT2D eigenvalue weighted by Crippen LogP contribution is 2.42. The minimum absolute atomic E-state index is 0.111. The number of carbonyl (C=O) groups is 1. The van der Waals surface area contributed by atoms with Crippen LogP contribution in [0.5, 0.6) is 17.2 Å². The van der Waals surface area contributed by atoms with Crippen LogP contribution < -0.4 is 14.2 Å². The van der Waals surface area contributed by atoms with E-state index in [-0.39, 0.29) is 17.3 Å². The normalized spacial score (nSPS) is 15.7. The summed E-state index contributed by atoms with van der Waals surface area (Å²) in [6.45, 7) is 5.95. The van der Waals surface area contributed by atoms with Crippen molar-refractivity contribution in [3.63, 3.8) is 0 Å². The molecule has 1 heterocycles. The molecule has 0 amide bonds. The Balaban J connectivity index is 1.81. The van der Waals surface area contributed by atoms with Crippen LogP contribution in [0.2, 0.25) is 0 Å². The number of hydrogen-bond donors (Lipinski definition) is 1. The highest BCUT2D eigenvalue weighted by molar-refractivity contribution is 5.89. The third-order valence-electron chi connectivity index (χ3n) is 4.41. The van der Waals surface area contributed by atoms with Crippen molar-refractivity contribution in [1.82, 2.24) is 0 Å². The Hall–Kier alpha value is -2.69. The Kier molecular flexibility index (Phi) is 4.81. The van der Waals surface area contributed by atoms with Crippen LogP contribution in [0.25, 0.3) is 0 Å². The number of methoxy groups -OCH3 is 1. The number of aromatic carboxylic acids is 1. The molecule has 1 N–H and O–H groups in total. The fraction of sp³-hybridized carbons (Fsp3) is 0.381. The molecule has 5 nitrogen and oxygen atoms in total. The summed E-state index contributed by atoms with van der Waals surface area (Å²) in [7, 11) is 1.64. The summed E-state index contributed by atoms with van der Waals surface area (Å²) >= 11 is 0. The fourth-order valence-electron chi connectivity index (χ4n) is 3.23. The first-order valence-corrected chi connectivity index (χ1v) is 8.66. The van der Waals surface area contributed by atoms with Gasteiger partial charge in [0.15, 0.2) is 0 Å². The number of carboxylic acid groups (broad SMARTS) is 1. The molecule has 5 heteroatoms. The Morgan fingerprint density at radius 1 is 1.27 bits per heavy atom. The molecule has 1 aliphatic rings. The van der Waals surface area contributed by atoms with Crippen LogP contribution in [0.3, 0.4) is 0 Å². The van der Waals surface area contributed by atoms with Crippen molar-refractivity contribution in [3.8, 4) is 17.2 Å². The maximum Gasteiger partial charge on any atom is 0.335 e. The second-order valence-electron chi connectivity index (χ2n) is 7.28. The maximum absolute atomic E-state index is 11.4. The smallest absolute Gasteiger partial charge is 0.335 e. The van der Waals surface area contributed by atoms with E-state index in [0.717, 1.165) is 16.9 Å². The Morgan fingerprint density at radius 3 is 2.58 bits per heavy atom. The van der Waals surface area contributed by atoms with E-state index >= 15 is 0 Å². The third-order valence-corrected chi connectivity index (χ3v) is 4.41. The first-order valence-electron chi connectivity index (χ1n) is 8.66. The number of fused-ring (bicyclic) bond motifs is 1. The molecule has 0 aromatic heterocycles. The summed E-state index contributed by atoms with van der Waals surface area (Å²) < 4.78 is 17.2. The zero-order valence-electron chi connectivity index (χ0n) is 15.5. The Bertz CT molecular complexity index is 808. The highest BCUT2D eigenvalue weighted by Gasteiger charge is 2.34. The molecule has 26 heavy (non-hydrogen) atoms. The van der Waals surface area contributed by atoms with Crippen LogP contribution in [-0.4, -0.2) is 29.9 Å². The van der Waals surface area contributed by atoms with Crippen molar-refractivity contribution in [2.75, 3.05) is 7.11 Å². The molecular weight excluding hydrogens is 332 g/mol. The minimum Gasteiger partial charge on any atom is -0.497 e. The lowest BCUT2D eigenvalue weighted by atomic mass is 9.99. The van der Waals surface area contributed by atoms with Crippen LogP contribution in [0, 0.1) is 0 Å². The van der Waals surface area contributed by atoms with E-state index in [9.17, 15) is 9.90 Å². The number of ether oxygens (including phenoxy) is 3. The zero-order chi connectivity index (χ0) is 18.9. The van der Waals surface area contributed by atoms with Gasteiger partial charge in [-0.2, -0.15) is 0 Å². The number of benzene rings is 2. The molecule has 0 saturated heterocycles. The van der Waals surface area contributed by atoms with E-state index < -0.39 is 5.97 Å². The highest BCUT2D eigenvalue weighted by atomic mass is 16.5. The third kappa shape index (κ3) is 3.93. The largest absolute Gasteiger partial charge is 0.497 e. The molecule has 0 aliphatic carbocycles. The van der Waals surface area contributed by atoms with Crippen molar-refractivity contribution in [2.24, 2.45) is 0 Å². The predicted octanol–water partition coefficient (Wildman–Crippen LogP) is 4.12. The van der Waals surface area contributed by atoms with Gasteiger partial charge in [-0.15, -0.1) is 0 Å². The lowest BCUT2D eigenvalue weighted by Crippen LogP contribution is -2.24. The molecule has 0 fully saturated rings. The van der Waals surface area contributed by atoms with Gasteiger partial charge in [-0.25, -0.2) is 4.79 Å². The molecule has 3 rings (SSSR count). The Morgan fingerprint density at radius 2 is 1.96 bits per heavy atom. The van der Waals surface area contributed by atoms with Crippen LogP contribution in [0.1, 0.15) is 42.3 Å². The van der Waals surface area contributed by atoms with Crippen LogP contribution >= 0.6 is 0 Å². The van der Waals surface area contributed by atoms with E-state index in [2.05, 4.69) is 0 Å². The molecular formula is C21H24O5. The molecule has 1 unspecified atom stereocenters. The average Bonchev–Trinajstić information content (AvgIpc) is 2.89. The second kappa shape index (κ2) is 6.90. The number of hydrogen-bond acceptors (Lipinski definition) is 4. The summed E-state index contributed by atoms with van der Waals surface area (Å²) in [5.74, 6) is 1.01. The van der Waals surface area contributed by atoms with Gasteiger partial charge in [0.05, 0.1) is 18.8 Å². The van der Waals surface area contributed by atoms with Crippen molar-refractivity contribution >= 4 is 5.97 Å². The summed E-state index contributed by atoms with van der Waals surface area (Å²) in [6, 6.07) is 11.0. The first-order chi connectivity index (χ1) is 12.3. The van der Waals surface area contributed by atoms with Crippen molar-refractivity contribution in [3.05, 3.63) is 53.1 Å². The van der Waals surface area contributed by atoms with E-state index in [0.29, 0.717) is 24.3 Å². The van der Waals surface area contributed by atoms with Crippen LogP contribution in [0.4, 0.5) is 0 Å². The predicted molar refractivity (Wildman–Crippen MR) is 98.6 cm³/mol. The van der Waals surface area contributed by atoms with E-state index in [1.54, 1.807) is 19.2 Å². The van der Waals surface area contributed by atoms with Gasteiger partial charge in [-0.1, -0.05) is 12.1 Å². The Labute approximate surface area is 153 Å². The first kappa shape index (κ1) is 18.1.